The van der Waals surface area contributed by atoms with Gasteiger partial charge in [-0.1, -0.05) is 26.0 Å². The lowest BCUT2D eigenvalue weighted by molar-refractivity contribution is 0.371. The van der Waals surface area contributed by atoms with Gasteiger partial charge in [0.1, 0.15) is 5.82 Å². The molecule has 6 nitrogen and oxygen atoms in total. The van der Waals surface area contributed by atoms with E-state index in [-0.39, 0.29) is 24.0 Å². The summed E-state index contributed by atoms with van der Waals surface area (Å²) in [6.07, 6.45) is 3.94. The maximum absolute atomic E-state index is 4.51. The second-order valence-electron chi connectivity index (χ2n) is 7.98. The van der Waals surface area contributed by atoms with Crippen LogP contribution in [0, 0.1) is 19.8 Å². The average molecular weight is 510 g/mol. The van der Waals surface area contributed by atoms with Crippen LogP contribution in [0.5, 0.6) is 0 Å². The minimum atomic E-state index is 0. The summed E-state index contributed by atoms with van der Waals surface area (Å²) in [4.78, 5) is 13.8. The van der Waals surface area contributed by atoms with E-state index >= 15 is 0 Å². The monoisotopic (exact) mass is 510 g/mol. The third-order valence-corrected chi connectivity index (χ3v) is 5.48. The number of guanidine groups is 1. The molecule has 1 fully saturated rings. The van der Waals surface area contributed by atoms with Gasteiger partial charge in [0.05, 0.1) is 6.54 Å². The molecule has 3 rings (SSSR count). The van der Waals surface area contributed by atoms with Crippen LogP contribution < -0.4 is 10.2 Å². The molecule has 1 N–H and O–H groups in total. The molecule has 1 saturated heterocycles. The van der Waals surface area contributed by atoms with Crippen molar-refractivity contribution in [2.75, 3.05) is 38.1 Å². The van der Waals surface area contributed by atoms with Crippen LogP contribution in [-0.2, 0) is 13.1 Å². The Kier molecular flexibility index (Phi) is 8.79. The first kappa shape index (κ1) is 23.5. The first-order chi connectivity index (χ1) is 13.5. The molecule has 0 bridgehead atoms. The van der Waals surface area contributed by atoms with Gasteiger partial charge in [0.25, 0.3) is 0 Å². The van der Waals surface area contributed by atoms with E-state index in [9.17, 15) is 0 Å². The Labute approximate surface area is 192 Å². The quantitative estimate of drug-likeness (QED) is 0.379. The van der Waals surface area contributed by atoms with Gasteiger partial charge < -0.3 is 19.7 Å². The summed E-state index contributed by atoms with van der Waals surface area (Å²) >= 11 is 0. The van der Waals surface area contributed by atoms with Crippen LogP contribution >= 0.6 is 24.0 Å². The number of aliphatic imine (C=N–C) groups is 1. The fraction of sp³-hybridized carbons (Fsp3) is 0.545. The topological polar surface area (TPSA) is 48.7 Å². The highest BCUT2D eigenvalue weighted by Gasteiger charge is 2.21. The van der Waals surface area contributed by atoms with Crippen molar-refractivity contribution in [2.24, 2.45) is 10.9 Å². The number of imidazole rings is 1. The standard InChI is InChI=1S/C22H34N6.HI/c1-17(2)16-28-10-9-24-21(28)15-25-22(23-5)27-13-11-26(12-14-27)20-8-6-7-18(3)19(20)4;/h6-10,17H,11-16H2,1-5H3,(H,23,25);1H. The van der Waals surface area contributed by atoms with Crippen molar-refractivity contribution >= 4 is 35.6 Å². The van der Waals surface area contributed by atoms with E-state index in [1.165, 1.54) is 16.8 Å². The Morgan fingerprint density at radius 2 is 1.90 bits per heavy atom. The number of piperazine rings is 1. The van der Waals surface area contributed by atoms with E-state index in [2.05, 4.69) is 81.8 Å². The van der Waals surface area contributed by atoms with Gasteiger partial charge in [-0.2, -0.15) is 0 Å². The predicted octanol–water partition coefficient (Wildman–Crippen LogP) is 3.67. The molecule has 1 aromatic carbocycles. The summed E-state index contributed by atoms with van der Waals surface area (Å²) in [6, 6.07) is 6.58. The van der Waals surface area contributed by atoms with Gasteiger partial charge in [0.15, 0.2) is 5.96 Å². The number of aromatic nitrogens is 2. The largest absolute Gasteiger partial charge is 0.368 e. The number of aryl methyl sites for hydroxylation is 1. The Morgan fingerprint density at radius 3 is 2.55 bits per heavy atom. The Morgan fingerprint density at radius 1 is 1.17 bits per heavy atom. The van der Waals surface area contributed by atoms with E-state index < -0.39 is 0 Å². The van der Waals surface area contributed by atoms with Crippen molar-refractivity contribution in [2.45, 2.75) is 40.8 Å². The molecule has 1 aromatic heterocycles. The second kappa shape index (κ2) is 10.8. The van der Waals surface area contributed by atoms with Crippen LogP contribution in [0.4, 0.5) is 5.69 Å². The lowest BCUT2D eigenvalue weighted by Gasteiger charge is -2.38. The van der Waals surface area contributed by atoms with Crippen LogP contribution in [0.2, 0.25) is 0 Å². The van der Waals surface area contributed by atoms with Crippen LogP contribution in [0.1, 0.15) is 30.8 Å². The third-order valence-electron chi connectivity index (χ3n) is 5.48. The summed E-state index contributed by atoms with van der Waals surface area (Å²) in [5.74, 6) is 2.62. The van der Waals surface area contributed by atoms with E-state index in [1.54, 1.807) is 0 Å². The minimum Gasteiger partial charge on any atom is -0.368 e. The highest BCUT2D eigenvalue weighted by atomic mass is 127. The van der Waals surface area contributed by atoms with Crippen LogP contribution in [0.25, 0.3) is 0 Å². The SMILES string of the molecule is CN=C(NCc1nccn1CC(C)C)N1CCN(c2cccc(C)c2C)CC1.I. The van der Waals surface area contributed by atoms with Gasteiger partial charge in [-0.25, -0.2) is 4.98 Å². The van der Waals surface area contributed by atoms with Crippen molar-refractivity contribution in [3.8, 4) is 0 Å². The minimum absolute atomic E-state index is 0. The van der Waals surface area contributed by atoms with Crippen molar-refractivity contribution in [1.82, 2.24) is 19.8 Å². The summed E-state index contributed by atoms with van der Waals surface area (Å²) in [5.41, 5.74) is 4.10. The van der Waals surface area contributed by atoms with Gasteiger partial charge in [0.2, 0.25) is 0 Å². The highest BCUT2D eigenvalue weighted by molar-refractivity contribution is 14.0. The Balaban J connectivity index is 0.00000300. The molecule has 160 valence electrons. The Bertz CT molecular complexity index is 805. The molecule has 2 heterocycles. The number of rotatable bonds is 5. The Hall–Kier alpha value is -1.77. The average Bonchev–Trinajstić information content (AvgIpc) is 3.11. The van der Waals surface area contributed by atoms with Crippen LogP contribution in [0.15, 0.2) is 35.6 Å². The van der Waals surface area contributed by atoms with E-state index in [1.807, 2.05) is 13.2 Å². The summed E-state index contributed by atoms with van der Waals surface area (Å²) in [7, 11) is 1.86. The molecule has 29 heavy (non-hydrogen) atoms. The molecule has 0 saturated carbocycles. The number of halogens is 1. The molecule has 2 aromatic rings. The zero-order chi connectivity index (χ0) is 20.1. The molecule has 0 aliphatic carbocycles. The number of anilines is 1. The number of nitrogens with zero attached hydrogens (tertiary/aromatic N) is 5. The third kappa shape index (κ3) is 5.87. The molecule has 7 heteroatoms. The summed E-state index contributed by atoms with van der Waals surface area (Å²) in [5, 5.41) is 3.50. The maximum atomic E-state index is 4.51. The predicted molar refractivity (Wildman–Crippen MR) is 132 cm³/mol. The van der Waals surface area contributed by atoms with Crippen LogP contribution in [-0.4, -0.2) is 53.6 Å². The molecule has 0 spiro atoms. The number of benzene rings is 1. The van der Waals surface area contributed by atoms with Crippen molar-refractivity contribution < 1.29 is 0 Å². The lowest BCUT2D eigenvalue weighted by atomic mass is 10.1. The molecular formula is C22H35IN6. The smallest absolute Gasteiger partial charge is 0.194 e. The maximum Gasteiger partial charge on any atom is 0.194 e. The fourth-order valence-electron chi connectivity index (χ4n) is 3.79. The van der Waals surface area contributed by atoms with E-state index in [0.29, 0.717) is 12.5 Å². The van der Waals surface area contributed by atoms with Crippen LogP contribution in [0.3, 0.4) is 0 Å². The van der Waals surface area contributed by atoms with Gasteiger partial charge in [0, 0.05) is 57.9 Å². The number of hydrogen-bond acceptors (Lipinski definition) is 3. The number of hydrogen-bond donors (Lipinski definition) is 1. The zero-order valence-corrected chi connectivity index (χ0v) is 20.7. The summed E-state index contributed by atoms with van der Waals surface area (Å²) in [6.45, 7) is 14.5. The first-order valence-corrected chi connectivity index (χ1v) is 10.3. The lowest BCUT2D eigenvalue weighted by Crippen LogP contribution is -2.52. The summed E-state index contributed by atoms with van der Waals surface area (Å²) < 4.78 is 2.23. The number of nitrogens with one attached hydrogen (secondary N) is 1. The van der Waals surface area contributed by atoms with E-state index in [4.69, 9.17) is 0 Å². The molecular weight excluding hydrogens is 475 g/mol. The normalized spacial score (nSPS) is 14.9. The fourth-order valence-corrected chi connectivity index (χ4v) is 3.79. The highest BCUT2D eigenvalue weighted by Crippen LogP contribution is 2.23. The van der Waals surface area contributed by atoms with Crippen molar-refractivity contribution in [1.29, 1.82) is 0 Å². The van der Waals surface area contributed by atoms with Gasteiger partial charge in [-0.05, 0) is 37.0 Å². The van der Waals surface area contributed by atoms with Crippen molar-refractivity contribution in [3.63, 3.8) is 0 Å². The molecule has 0 unspecified atom stereocenters. The van der Waals surface area contributed by atoms with E-state index in [0.717, 1.165) is 44.5 Å². The van der Waals surface area contributed by atoms with Crippen molar-refractivity contribution in [3.05, 3.63) is 47.5 Å². The van der Waals surface area contributed by atoms with Gasteiger partial charge >= 0.3 is 0 Å². The second-order valence-corrected chi connectivity index (χ2v) is 7.98. The molecule has 1 aliphatic heterocycles. The van der Waals surface area contributed by atoms with Gasteiger partial charge in [-0.15, -0.1) is 24.0 Å². The molecule has 1 aliphatic rings. The first-order valence-electron chi connectivity index (χ1n) is 10.3. The van der Waals surface area contributed by atoms with Gasteiger partial charge in [-0.3, -0.25) is 4.99 Å². The molecule has 0 atom stereocenters. The zero-order valence-electron chi connectivity index (χ0n) is 18.4. The molecule has 0 radical (unpaired) electrons. The molecule has 0 amide bonds.